The number of nitrogens with zero attached hydrogens (tertiary/aromatic N) is 4. The minimum atomic E-state index is -0.425. The Bertz CT molecular complexity index is 1650. The predicted octanol–water partition coefficient (Wildman–Crippen LogP) is 6.10. The van der Waals surface area contributed by atoms with Gasteiger partial charge in [0, 0.05) is 28.4 Å². The Morgan fingerprint density at radius 2 is 1.89 bits per heavy atom. The predicted molar refractivity (Wildman–Crippen MR) is 152 cm³/mol. The molecule has 5 rings (SSSR count). The van der Waals surface area contributed by atoms with Crippen LogP contribution in [0.25, 0.3) is 27.3 Å². The molecule has 0 radical (unpaired) electrons. The number of aromatic nitrogens is 5. The minimum absolute atomic E-state index is 0.238. The molecular formula is C27H24ClN5O3S2. The van der Waals surface area contributed by atoms with Crippen molar-refractivity contribution in [2.24, 2.45) is 0 Å². The highest BCUT2D eigenvalue weighted by Gasteiger charge is 2.20. The van der Waals surface area contributed by atoms with Crippen LogP contribution in [0.2, 0.25) is 5.02 Å². The fourth-order valence-corrected chi connectivity index (χ4v) is 6.17. The number of benzene rings is 2. The van der Waals surface area contributed by atoms with E-state index in [2.05, 4.69) is 20.2 Å². The van der Waals surface area contributed by atoms with Crippen molar-refractivity contribution in [2.75, 3.05) is 12.4 Å². The molecule has 0 fully saturated rings. The molecule has 0 unspecified atom stereocenters. The summed E-state index contributed by atoms with van der Waals surface area (Å²) in [5, 5.41) is 10.8. The Hall–Kier alpha value is -3.47. The lowest BCUT2D eigenvalue weighted by Gasteiger charge is -2.10. The number of thioether (sulfide) groups is 1. The van der Waals surface area contributed by atoms with Gasteiger partial charge in [-0.3, -0.25) is 9.36 Å². The first kappa shape index (κ1) is 26.1. The third-order valence-corrected chi connectivity index (χ3v) is 8.28. The molecule has 1 N–H and O–H groups in total. The molecule has 3 heterocycles. The molecule has 3 aromatic heterocycles. The molecule has 0 aliphatic heterocycles. The molecule has 11 heteroatoms. The minimum Gasteiger partial charge on any atom is -0.462 e. The molecule has 0 atom stereocenters. The van der Waals surface area contributed by atoms with Crippen molar-refractivity contribution in [1.82, 2.24) is 24.7 Å². The molecular weight excluding hydrogens is 542 g/mol. The zero-order chi connectivity index (χ0) is 26.6. The molecule has 0 spiro atoms. The molecule has 0 amide bonds. The largest absolute Gasteiger partial charge is 0.462 e. The third-order valence-electron chi connectivity index (χ3n) is 5.85. The summed E-state index contributed by atoms with van der Waals surface area (Å²) in [6, 6.07) is 17.5. The number of hydrogen-bond acceptors (Lipinski definition) is 8. The van der Waals surface area contributed by atoms with Gasteiger partial charge in [-0.05, 0) is 62.2 Å². The highest BCUT2D eigenvalue weighted by atomic mass is 35.5. The number of esters is 1. The van der Waals surface area contributed by atoms with E-state index in [1.807, 2.05) is 59.2 Å². The maximum absolute atomic E-state index is 12.8. The van der Waals surface area contributed by atoms with E-state index in [9.17, 15) is 9.59 Å². The molecule has 8 nitrogen and oxygen atoms in total. The van der Waals surface area contributed by atoms with Gasteiger partial charge >= 0.3 is 5.97 Å². The maximum Gasteiger partial charge on any atom is 0.348 e. The number of nitrogens with one attached hydrogen (secondary N) is 1. The highest BCUT2D eigenvalue weighted by molar-refractivity contribution is 7.99. The van der Waals surface area contributed by atoms with E-state index in [0.29, 0.717) is 37.9 Å². The summed E-state index contributed by atoms with van der Waals surface area (Å²) in [5.74, 6) is 1.64. The summed E-state index contributed by atoms with van der Waals surface area (Å²) in [6.07, 6.45) is 1.33. The van der Waals surface area contributed by atoms with Gasteiger partial charge in [-0.15, -0.1) is 21.5 Å². The summed E-state index contributed by atoms with van der Waals surface area (Å²) >= 11 is 8.86. The third kappa shape index (κ3) is 5.38. The second kappa shape index (κ2) is 11.5. The van der Waals surface area contributed by atoms with Crippen LogP contribution in [0.4, 0.5) is 0 Å². The number of carbonyl (C=O) groups excluding carboxylic acids is 1. The Morgan fingerprint density at radius 1 is 1.13 bits per heavy atom. The molecule has 0 saturated carbocycles. The number of rotatable bonds is 9. The van der Waals surface area contributed by atoms with Gasteiger partial charge in [0.1, 0.15) is 15.5 Å². The van der Waals surface area contributed by atoms with Crippen molar-refractivity contribution in [3.63, 3.8) is 0 Å². The molecule has 194 valence electrons. The van der Waals surface area contributed by atoms with E-state index in [1.165, 1.54) is 11.3 Å². The summed E-state index contributed by atoms with van der Waals surface area (Å²) in [4.78, 5) is 33.5. The van der Waals surface area contributed by atoms with Crippen molar-refractivity contribution >= 4 is 50.9 Å². The van der Waals surface area contributed by atoms with Gasteiger partial charge in [0.25, 0.3) is 5.56 Å². The Morgan fingerprint density at radius 3 is 2.63 bits per heavy atom. The van der Waals surface area contributed by atoms with Crippen LogP contribution >= 0.6 is 34.7 Å². The van der Waals surface area contributed by atoms with Crippen LogP contribution in [-0.2, 0) is 11.2 Å². The number of ether oxygens (including phenoxy) is 1. The van der Waals surface area contributed by atoms with Crippen molar-refractivity contribution in [2.45, 2.75) is 31.8 Å². The Labute approximate surface area is 232 Å². The molecule has 0 aliphatic rings. The van der Waals surface area contributed by atoms with E-state index in [4.69, 9.17) is 16.3 Å². The van der Waals surface area contributed by atoms with Gasteiger partial charge < -0.3 is 9.72 Å². The summed E-state index contributed by atoms with van der Waals surface area (Å²) in [5.41, 5.74) is 2.25. The van der Waals surface area contributed by atoms with Crippen LogP contribution in [0.15, 0.2) is 64.5 Å². The number of fused-ring (bicyclic) bond motifs is 1. The second-order valence-electron chi connectivity index (χ2n) is 8.41. The fourth-order valence-electron chi connectivity index (χ4n) is 4.06. The van der Waals surface area contributed by atoms with Crippen LogP contribution < -0.4 is 5.56 Å². The van der Waals surface area contributed by atoms with Crippen LogP contribution in [-0.4, -0.2) is 43.1 Å². The zero-order valence-corrected chi connectivity index (χ0v) is 23.1. The topological polar surface area (TPSA) is 103 Å². The van der Waals surface area contributed by atoms with Crippen molar-refractivity contribution in [3.05, 3.63) is 86.2 Å². The molecule has 2 aromatic carbocycles. The number of hydrogen-bond donors (Lipinski definition) is 1. The van der Waals surface area contributed by atoms with E-state index in [0.717, 1.165) is 34.4 Å². The van der Waals surface area contributed by atoms with E-state index in [-0.39, 0.29) is 12.2 Å². The molecule has 0 bridgehead atoms. The monoisotopic (exact) mass is 565 g/mol. The fraction of sp³-hybridized carbons (Fsp3) is 0.222. The van der Waals surface area contributed by atoms with Gasteiger partial charge in [-0.2, -0.15) is 0 Å². The molecule has 38 heavy (non-hydrogen) atoms. The first-order chi connectivity index (χ1) is 18.5. The van der Waals surface area contributed by atoms with Gasteiger partial charge in [-0.25, -0.2) is 9.78 Å². The quantitative estimate of drug-likeness (QED) is 0.131. The van der Waals surface area contributed by atoms with Crippen molar-refractivity contribution in [3.8, 4) is 17.1 Å². The average Bonchev–Trinajstić information content (AvgIpc) is 3.49. The summed E-state index contributed by atoms with van der Waals surface area (Å²) in [7, 11) is 0. The maximum atomic E-state index is 12.8. The molecule has 0 aliphatic carbocycles. The Kier molecular flexibility index (Phi) is 7.92. The number of halogens is 1. The van der Waals surface area contributed by atoms with Crippen LogP contribution in [0.1, 0.15) is 34.4 Å². The van der Waals surface area contributed by atoms with Gasteiger partial charge in [0.2, 0.25) is 0 Å². The summed E-state index contributed by atoms with van der Waals surface area (Å²) in [6.45, 7) is 3.78. The van der Waals surface area contributed by atoms with Crippen LogP contribution in [0, 0.1) is 6.92 Å². The van der Waals surface area contributed by atoms with E-state index < -0.39 is 5.97 Å². The number of carbonyl (C=O) groups is 1. The SMILES string of the molecule is CCOC(=O)c1sc2nc(CCCSc3nnc(-c4ccc(Cl)cc4)n3-c3ccccc3)[nH]c(=O)c2c1C. The lowest BCUT2D eigenvalue weighted by atomic mass is 10.2. The van der Waals surface area contributed by atoms with Crippen molar-refractivity contribution in [1.29, 1.82) is 0 Å². The first-order valence-corrected chi connectivity index (χ1v) is 14.2. The lowest BCUT2D eigenvalue weighted by molar-refractivity contribution is 0.0531. The average molecular weight is 566 g/mol. The number of aromatic amines is 1. The second-order valence-corrected chi connectivity index (χ2v) is 10.9. The van der Waals surface area contributed by atoms with Gasteiger partial charge in [0.05, 0.1) is 12.0 Å². The molecule has 0 saturated heterocycles. The zero-order valence-electron chi connectivity index (χ0n) is 20.7. The highest BCUT2D eigenvalue weighted by Crippen LogP contribution is 2.30. The van der Waals surface area contributed by atoms with Crippen molar-refractivity contribution < 1.29 is 9.53 Å². The normalized spacial score (nSPS) is 11.2. The number of aryl methyl sites for hydroxylation is 2. The smallest absolute Gasteiger partial charge is 0.348 e. The number of thiophene rings is 1. The van der Waals surface area contributed by atoms with Gasteiger partial charge in [-0.1, -0.05) is 41.6 Å². The summed E-state index contributed by atoms with van der Waals surface area (Å²) < 4.78 is 7.15. The number of H-pyrrole nitrogens is 1. The van der Waals surface area contributed by atoms with Crippen LogP contribution in [0.3, 0.4) is 0 Å². The van der Waals surface area contributed by atoms with E-state index in [1.54, 1.807) is 25.6 Å². The van der Waals surface area contributed by atoms with E-state index >= 15 is 0 Å². The first-order valence-electron chi connectivity index (χ1n) is 12.0. The lowest BCUT2D eigenvalue weighted by Crippen LogP contribution is -2.12. The van der Waals surface area contributed by atoms with Crippen LogP contribution in [0.5, 0.6) is 0 Å². The standard InChI is InChI=1S/C27H24ClN5O3S2/c1-3-36-26(35)22-16(2)21-24(34)29-20(30-25(21)38-22)10-7-15-37-27-32-31-23(17-11-13-18(28)14-12-17)33(27)19-8-5-4-6-9-19/h4-6,8-9,11-14H,3,7,10,15H2,1-2H3,(H,29,30,34). The Balaban J connectivity index is 1.33. The molecule has 5 aromatic rings. The number of para-hydroxylation sites is 1. The van der Waals surface area contributed by atoms with Gasteiger partial charge in [0.15, 0.2) is 11.0 Å².